The second kappa shape index (κ2) is 5.73. The summed E-state index contributed by atoms with van der Waals surface area (Å²) in [5.41, 5.74) is 0. The highest BCUT2D eigenvalue weighted by molar-refractivity contribution is 5.87. The first-order valence-electron chi connectivity index (χ1n) is 3.79. The van der Waals surface area contributed by atoms with E-state index in [1.165, 1.54) is 0 Å². The third kappa shape index (κ3) is 6.86. The predicted molar refractivity (Wildman–Crippen MR) is 47.1 cm³/mol. The van der Waals surface area contributed by atoms with E-state index in [0.29, 0.717) is 5.92 Å². The van der Waals surface area contributed by atoms with Gasteiger partial charge in [0, 0.05) is 6.42 Å². The molecule has 0 fully saturated rings. The molecule has 0 saturated carbocycles. The second-order valence-electron chi connectivity index (χ2n) is 2.69. The van der Waals surface area contributed by atoms with Crippen LogP contribution in [0.2, 0.25) is 0 Å². The lowest BCUT2D eigenvalue weighted by atomic mass is 10.1. The maximum absolute atomic E-state index is 10.5. The smallest absolute Gasteiger partial charge is 0.152 e. The van der Waals surface area contributed by atoms with Gasteiger partial charge in [0.15, 0.2) is 5.78 Å². The van der Waals surface area contributed by atoms with Crippen molar-refractivity contribution < 1.29 is 4.79 Å². The molecule has 1 unspecified atom stereocenters. The van der Waals surface area contributed by atoms with E-state index < -0.39 is 0 Å². The number of hydrogen-bond donors (Lipinski definition) is 0. The van der Waals surface area contributed by atoms with Gasteiger partial charge in [-0.3, -0.25) is 4.79 Å². The van der Waals surface area contributed by atoms with E-state index in [9.17, 15) is 4.79 Å². The molecule has 0 radical (unpaired) electrons. The average molecular weight is 150 g/mol. The van der Waals surface area contributed by atoms with Crippen LogP contribution in [-0.4, -0.2) is 5.78 Å². The van der Waals surface area contributed by atoms with Crippen molar-refractivity contribution in [2.75, 3.05) is 0 Å². The molecule has 11 heavy (non-hydrogen) atoms. The van der Waals surface area contributed by atoms with E-state index in [2.05, 4.69) is 12.8 Å². The summed E-state index contributed by atoms with van der Waals surface area (Å²) in [6, 6.07) is 0. The molecule has 1 atom stereocenters. The number of terminal acetylenes is 1. The third-order valence-electron chi connectivity index (χ3n) is 1.40. The maximum Gasteiger partial charge on any atom is 0.152 e. The van der Waals surface area contributed by atoms with Crippen molar-refractivity contribution >= 4 is 5.78 Å². The summed E-state index contributed by atoms with van der Waals surface area (Å²) in [5.74, 6) is 3.07. The van der Waals surface area contributed by atoms with Gasteiger partial charge in [-0.05, 0) is 25.3 Å². The van der Waals surface area contributed by atoms with Crippen molar-refractivity contribution in [2.45, 2.75) is 26.7 Å². The summed E-state index contributed by atoms with van der Waals surface area (Å²) in [6.07, 6.45) is 10.3. The number of carbonyl (C=O) groups excluding carboxylic acids is 1. The molecule has 0 heterocycles. The minimum Gasteiger partial charge on any atom is -0.295 e. The zero-order chi connectivity index (χ0) is 8.69. The molecule has 0 bridgehead atoms. The zero-order valence-corrected chi connectivity index (χ0v) is 7.13. The highest BCUT2D eigenvalue weighted by Crippen LogP contribution is 2.05. The molecule has 0 aromatic rings. The fourth-order valence-corrected chi connectivity index (χ4v) is 0.707. The molecule has 0 amide bonds. The molecule has 0 spiro atoms. The molecular weight excluding hydrogens is 136 g/mol. The zero-order valence-electron chi connectivity index (χ0n) is 7.13. The summed E-state index contributed by atoms with van der Waals surface area (Å²) in [4.78, 5) is 10.5. The Balaban J connectivity index is 3.61. The summed E-state index contributed by atoms with van der Waals surface area (Å²) in [7, 11) is 0. The lowest BCUT2D eigenvalue weighted by Gasteiger charge is -2.00. The number of hydrogen-bond acceptors (Lipinski definition) is 1. The van der Waals surface area contributed by atoms with Crippen molar-refractivity contribution in [1.82, 2.24) is 0 Å². The quantitative estimate of drug-likeness (QED) is 0.443. The van der Waals surface area contributed by atoms with Crippen LogP contribution in [0, 0.1) is 18.3 Å². The van der Waals surface area contributed by atoms with E-state index in [-0.39, 0.29) is 5.78 Å². The van der Waals surface area contributed by atoms with Crippen LogP contribution in [0.5, 0.6) is 0 Å². The minimum absolute atomic E-state index is 0.0950. The van der Waals surface area contributed by atoms with Crippen LogP contribution in [0.1, 0.15) is 26.7 Å². The van der Waals surface area contributed by atoms with Crippen LogP contribution in [-0.2, 0) is 4.79 Å². The molecule has 60 valence electrons. The maximum atomic E-state index is 10.5. The third-order valence-corrected chi connectivity index (χ3v) is 1.40. The van der Waals surface area contributed by atoms with Gasteiger partial charge in [-0.25, -0.2) is 0 Å². The monoisotopic (exact) mass is 150 g/mol. The van der Waals surface area contributed by atoms with Gasteiger partial charge in [-0.1, -0.05) is 13.0 Å². The van der Waals surface area contributed by atoms with Crippen LogP contribution in [0.15, 0.2) is 12.2 Å². The van der Waals surface area contributed by atoms with Gasteiger partial charge in [-0.2, -0.15) is 0 Å². The molecule has 0 saturated heterocycles. The largest absolute Gasteiger partial charge is 0.295 e. The van der Waals surface area contributed by atoms with E-state index in [1.54, 1.807) is 13.0 Å². The van der Waals surface area contributed by atoms with E-state index in [0.717, 1.165) is 12.8 Å². The van der Waals surface area contributed by atoms with Crippen molar-refractivity contribution in [3.63, 3.8) is 0 Å². The highest BCUT2D eigenvalue weighted by atomic mass is 16.1. The second-order valence-corrected chi connectivity index (χ2v) is 2.69. The molecule has 0 N–H and O–H groups in total. The van der Waals surface area contributed by atoms with Gasteiger partial charge in [0.25, 0.3) is 0 Å². The number of rotatable bonds is 4. The molecular formula is C10H14O. The van der Waals surface area contributed by atoms with Crippen molar-refractivity contribution in [1.29, 1.82) is 0 Å². The summed E-state index contributed by atoms with van der Waals surface area (Å²) < 4.78 is 0. The topological polar surface area (TPSA) is 17.1 Å². The van der Waals surface area contributed by atoms with E-state index in [1.807, 2.05) is 6.08 Å². The Kier molecular flexibility index (Phi) is 5.20. The van der Waals surface area contributed by atoms with Crippen LogP contribution >= 0.6 is 0 Å². The summed E-state index contributed by atoms with van der Waals surface area (Å²) in [6.45, 7) is 3.60. The first-order valence-corrected chi connectivity index (χ1v) is 3.79. The van der Waals surface area contributed by atoms with Gasteiger partial charge in [0.2, 0.25) is 0 Å². The molecule has 0 aliphatic heterocycles. The lowest BCUT2D eigenvalue weighted by molar-refractivity contribution is -0.112. The van der Waals surface area contributed by atoms with E-state index in [4.69, 9.17) is 6.42 Å². The Morgan fingerprint density at radius 2 is 2.36 bits per heavy atom. The first-order chi connectivity index (χ1) is 5.16. The molecule has 0 rings (SSSR count). The molecule has 1 heteroatoms. The Morgan fingerprint density at radius 1 is 1.73 bits per heavy atom. The van der Waals surface area contributed by atoms with Gasteiger partial charge >= 0.3 is 0 Å². The molecule has 0 aliphatic carbocycles. The Labute approximate surface area is 68.5 Å². The standard InChI is InChI=1S/C10H14O/c1-4-5-6-9(2)7-8-10(3)11/h1,7-9H,5-6H2,2-3H3/b8-7+. The summed E-state index contributed by atoms with van der Waals surface area (Å²) >= 11 is 0. The van der Waals surface area contributed by atoms with E-state index >= 15 is 0 Å². The molecule has 0 aliphatic rings. The fourth-order valence-electron chi connectivity index (χ4n) is 0.707. The normalized spacial score (nSPS) is 12.8. The average Bonchev–Trinajstić information content (AvgIpc) is 1.97. The van der Waals surface area contributed by atoms with Crippen LogP contribution < -0.4 is 0 Å². The molecule has 0 aromatic carbocycles. The van der Waals surface area contributed by atoms with Crippen LogP contribution in [0.25, 0.3) is 0 Å². The van der Waals surface area contributed by atoms with Gasteiger partial charge in [0.1, 0.15) is 0 Å². The molecule has 1 nitrogen and oxygen atoms in total. The SMILES string of the molecule is C#CCCC(C)/C=C/C(C)=O. The Bertz CT molecular complexity index is 184. The van der Waals surface area contributed by atoms with Crippen molar-refractivity contribution in [3.05, 3.63) is 12.2 Å². The lowest BCUT2D eigenvalue weighted by Crippen LogP contribution is -1.90. The fraction of sp³-hybridized carbons (Fsp3) is 0.500. The Morgan fingerprint density at radius 3 is 2.82 bits per heavy atom. The first kappa shape index (κ1) is 9.97. The minimum atomic E-state index is 0.0950. The van der Waals surface area contributed by atoms with Gasteiger partial charge in [0.05, 0.1) is 0 Å². The number of carbonyl (C=O) groups is 1. The molecule has 0 aromatic heterocycles. The highest BCUT2D eigenvalue weighted by Gasteiger charge is 1.94. The predicted octanol–water partition coefficient (Wildman–Crippen LogP) is 2.18. The van der Waals surface area contributed by atoms with Crippen molar-refractivity contribution in [3.8, 4) is 12.3 Å². The van der Waals surface area contributed by atoms with Crippen LogP contribution in [0.3, 0.4) is 0 Å². The van der Waals surface area contributed by atoms with Crippen LogP contribution in [0.4, 0.5) is 0 Å². The van der Waals surface area contributed by atoms with Crippen molar-refractivity contribution in [2.24, 2.45) is 5.92 Å². The number of ketones is 1. The summed E-state index contributed by atoms with van der Waals surface area (Å²) in [5, 5.41) is 0. The van der Waals surface area contributed by atoms with Gasteiger partial charge in [-0.15, -0.1) is 12.3 Å². The number of allylic oxidation sites excluding steroid dienone is 2. The van der Waals surface area contributed by atoms with Gasteiger partial charge < -0.3 is 0 Å². The Hall–Kier alpha value is -1.03.